The van der Waals surface area contributed by atoms with E-state index in [-0.39, 0.29) is 193 Å². The first-order chi connectivity index (χ1) is 22.3. The van der Waals surface area contributed by atoms with Gasteiger partial charge >= 0.3 is 169 Å². The molecule has 0 saturated carbocycles. The van der Waals surface area contributed by atoms with Gasteiger partial charge < -0.3 is 34.6 Å². The first kappa shape index (κ1) is 124. The molecule has 0 aromatic rings. The van der Waals surface area contributed by atoms with E-state index in [1.807, 2.05) is 62.3 Å². The van der Waals surface area contributed by atoms with Gasteiger partial charge in [-0.3, -0.25) is 4.79 Å². The van der Waals surface area contributed by atoms with Crippen molar-refractivity contribution in [1.82, 2.24) is 0 Å². The van der Waals surface area contributed by atoms with Crippen LogP contribution < -0.4 is 156 Å². The van der Waals surface area contributed by atoms with Crippen molar-refractivity contribution in [3.8, 4) is 0 Å². The zero-order valence-corrected chi connectivity index (χ0v) is 49.9. The first-order valence-electron chi connectivity index (χ1n) is 14.5. The van der Waals surface area contributed by atoms with Crippen molar-refractivity contribution in [2.45, 2.75) is 117 Å². The molecule has 0 aliphatic rings. The topological polar surface area (TPSA) is 95.9 Å². The summed E-state index contributed by atoms with van der Waals surface area (Å²) in [7, 11) is 1.68. The molecule has 0 bridgehead atoms. The molecule has 23 heteroatoms. The van der Waals surface area contributed by atoms with Gasteiger partial charge in [-0.05, 0) is 41.5 Å². The largest absolute Gasteiger partial charge is 1.00 e. The van der Waals surface area contributed by atoms with Gasteiger partial charge in [0, 0.05) is 39.4 Å². The van der Waals surface area contributed by atoms with Gasteiger partial charge in [-0.15, -0.1) is 17.0 Å². The maximum Gasteiger partial charge on any atom is 1.00 e. The van der Waals surface area contributed by atoms with Crippen LogP contribution in [0, 0.1) is 6.92 Å². The Labute approximate surface area is 475 Å². The fraction of sp³-hybridized carbons (Fsp3) is 0.710. The van der Waals surface area contributed by atoms with E-state index in [4.69, 9.17) is 20.0 Å². The Morgan fingerprint density at radius 3 is 0.833 bits per heavy atom. The van der Waals surface area contributed by atoms with E-state index in [1.54, 1.807) is 14.0 Å². The molecule has 319 valence electrons. The molecule has 0 heterocycles. The fourth-order valence-electron chi connectivity index (χ4n) is 0. The number of ether oxygens (including phenoxy) is 1. The van der Waals surface area contributed by atoms with E-state index in [2.05, 4.69) is 55.3 Å². The predicted molar refractivity (Wildman–Crippen MR) is 209 cm³/mol. The zero-order valence-electron chi connectivity index (χ0n) is 38.7. The Hall–Kier alpha value is 3.99. The third-order valence-electron chi connectivity index (χ3n) is 1.56. The maximum atomic E-state index is 11.3. The van der Waals surface area contributed by atoms with Crippen molar-refractivity contribution in [3.63, 3.8) is 0 Å². The molecule has 0 aromatic heterocycles. The molecule has 0 amide bonds. The molecule has 0 rings (SSSR count). The van der Waals surface area contributed by atoms with Crippen LogP contribution >= 0.6 is 48.8 Å². The second-order valence-electron chi connectivity index (χ2n) is 5.09. The van der Waals surface area contributed by atoms with Crippen LogP contribution in [0.2, 0.25) is 0 Å². The summed E-state index contributed by atoms with van der Waals surface area (Å²) < 4.78 is 101. The molecule has 0 spiro atoms. The zero-order chi connectivity index (χ0) is 42.5. The van der Waals surface area contributed by atoms with Crippen LogP contribution in [0.4, 0.5) is 39.5 Å². The Morgan fingerprint density at radius 2 is 0.833 bits per heavy atom. The molecule has 0 atom stereocenters. The van der Waals surface area contributed by atoms with Gasteiger partial charge in [-0.1, -0.05) is 101 Å². The van der Waals surface area contributed by atoms with Crippen LogP contribution in [0.5, 0.6) is 0 Å². The number of hydrogen-bond donors (Lipinski definition) is 1. The molecule has 3 radical (unpaired) electrons. The Bertz CT molecular complexity index is 494. The van der Waals surface area contributed by atoms with E-state index in [0.29, 0.717) is 6.92 Å². The molecule has 0 unspecified atom stereocenters. The van der Waals surface area contributed by atoms with Gasteiger partial charge in [0.2, 0.25) is 0 Å². The second kappa shape index (κ2) is 175. The van der Waals surface area contributed by atoms with Crippen molar-refractivity contribution in [3.05, 3.63) is 42.6 Å². The van der Waals surface area contributed by atoms with E-state index < -0.39 is 35.7 Å². The summed E-state index contributed by atoms with van der Waals surface area (Å²) in [5, 5.41) is 18.1. The van der Waals surface area contributed by atoms with E-state index >= 15 is 0 Å². The van der Waals surface area contributed by atoms with Crippen LogP contribution in [0.1, 0.15) is 120 Å². The summed E-state index contributed by atoms with van der Waals surface area (Å²) in [6.45, 7) is 30.6. The number of halogens is 12. The van der Waals surface area contributed by atoms with Gasteiger partial charge in [0.1, 0.15) is 17.9 Å². The summed E-state index contributed by atoms with van der Waals surface area (Å²) in [5.74, 6) is -2.89. The minimum atomic E-state index is -2.91. The van der Waals surface area contributed by atoms with Crippen LogP contribution in [0.15, 0.2) is 35.7 Å². The molecule has 0 aliphatic heterocycles. The monoisotopic (exact) mass is 1060 g/mol. The number of unbranched alkanes of at least 4 members (excludes halogenated alkanes) is 1. The molecule has 0 aliphatic carbocycles. The number of methoxy groups -OCH3 is 1. The van der Waals surface area contributed by atoms with Crippen LogP contribution in [-0.4, -0.2) is 57.3 Å². The number of allylic oxidation sites excluding steroid dienone is 3. The third-order valence-corrected chi connectivity index (χ3v) is 1.56. The summed E-state index contributed by atoms with van der Waals surface area (Å²) in [4.78, 5) is 20.1. The summed E-state index contributed by atoms with van der Waals surface area (Å²) in [5.41, 5.74) is 0. The van der Waals surface area contributed by atoms with Gasteiger partial charge in [-0.25, -0.2) is 13.2 Å². The minimum absolute atomic E-state index is 0. The average Bonchev–Trinajstić information content (AvgIpc) is 3.06. The summed E-state index contributed by atoms with van der Waals surface area (Å²) in [6.07, 6.45) is -5.03. The SMILES string of the molecule is Br.C/C(F)=C(/C)F.CC.CC.CC.CC(F)=C(F)F.CC=O.CCBr.CCBr.CCO.CCOC.FC(F)=C(F)F.O=CO[O-].[B].[CH2-]CCC.[H-].[H-].[K+].[K+].[Li+].[Na+]. The second-order valence-corrected chi connectivity index (χ2v) is 7.33. The van der Waals surface area contributed by atoms with Gasteiger partial charge in [0.25, 0.3) is 6.47 Å². The van der Waals surface area contributed by atoms with E-state index in [9.17, 15) is 39.5 Å². The molecule has 54 heavy (non-hydrogen) atoms. The Kier molecular flexibility index (Phi) is 401. The first-order valence-corrected chi connectivity index (χ1v) is 16.7. The number of hydrogen-bond acceptors (Lipinski definition) is 6. The normalized spacial score (nSPS) is 6.41. The Morgan fingerprint density at radius 1 is 0.722 bits per heavy atom. The van der Waals surface area contributed by atoms with Crippen molar-refractivity contribution in [2.75, 3.05) is 31.0 Å². The van der Waals surface area contributed by atoms with Crippen molar-refractivity contribution < 1.29 is 223 Å². The number of aldehydes is 1. The number of carbonyl (C=O) groups is 2. The molecular formula is C31H68BBr3F9K2LiNaO6. The number of carbonyl (C=O) groups excluding carboxylic acids is 2. The van der Waals surface area contributed by atoms with Crippen molar-refractivity contribution in [2.24, 2.45) is 0 Å². The van der Waals surface area contributed by atoms with Gasteiger partial charge in [0.05, 0.1) is 0 Å². The maximum absolute atomic E-state index is 11.3. The molecule has 6 nitrogen and oxygen atoms in total. The number of aliphatic hydroxyl groups excluding tert-OH is 1. The van der Waals surface area contributed by atoms with Gasteiger partial charge in [0.15, 0.2) is 5.83 Å². The standard InChI is InChI=1S/C4H6F2.C4H9.C3H3F3.C3H8O.2C2H5Br.C2F4.C2H6O.C2H4O.3C2H6.CH2O3.B.BrH.2K.Li.Na.2H/c1-3(5)4(2)6;1-3-4-2;1-2(4)3(5)6;1-3-4-2;2*1-2-3;3-1(4)2(5)6;2*1-2-3;3*1-2;2-1-4-3;;;;;;;;/h1-2H3;1,3-4H2,2H3;1H3;3H2,1-2H3;2*2H2,1H3;;3H,2H2,1H3;2H,1H3;3*1-2H3;1,3H;;1H;;;;;;/q;-1;;;;;;;;;;;;;;4*+1;2*-1/p-1/b4-3+;;;;;;;;;;;;;;;;;;;;. The summed E-state index contributed by atoms with van der Waals surface area (Å²) >= 11 is 6.29. The number of alkyl halides is 2. The van der Waals surface area contributed by atoms with Crippen LogP contribution in [-0.2, 0) is 19.2 Å². The quantitative estimate of drug-likeness (QED) is 0.0877. The fourth-order valence-corrected chi connectivity index (χ4v) is 0. The third kappa shape index (κ3) is 470. The smallest absolute Gasteiger partial charge is 1.00 e. The van der Waals surface area contributed by atoms with E-state index in [0.717, 1.165) is 43.8 Å². The van der Waals surface area contributed by atoms with Crippen LogP contribution in [0.3, 0.4) is 0 Å². The van der Waals surface area contributed by atoms with Crippen molar-refractivity contribution >= 4 is 70.0 Å². The minimum Gasteiger partial charge on any atom is -1.00 e. The predicted octanol–water partition coefficient (Wildman–Crippen LogP) is 1.48. The molecule has 1 N–H and O–H groups in total. The molecule has 0 aromatic carbocycles. The molecule has 0 fully saturated rings. The molecule has 0 saturated heterocycles. The summed E-state index contributed by atoms with van der Waals surface area (Å²) in [6, 6.07) is 0. The van der Waals surface area contributed by atoms with E-state index in [1.165, 1.54) is 13.3 Å². The van der Waals surface area contributed by atoms with Gasteiger partial charge in [-0.2, -0.15) is 32.8 Å². The average molecular weight is 1070 g/mol. The van der Waals surface area contributed by atoms with Crippen molar-refractivity contribution in [1.29, 1.82) is 0 Å². The Balaban J connectivity index is -0.0000000125. The molecular weight excluding hydrogens is 998 g/mol. The number of aliphatic hydroxyl groups is 1. The van der Waals surface area contributed by atoms with Crippen LogP contribution in [0.25, 0.3) is 0 Å². The number of rotatable bonds is 3.